The number of anilines is 1. The Labute approximate surface area is 96.8 Å². The first kappa shape index (κ1) is 12.7. The van der Waals surface area contributed by atoms with E-state index in [0.29, 0.717) is 17.9 Å². The van der Waals surface area contributed by atoms with Crippen molar-refractivity contribution in [1.29, 1.82) is 0 Å². The average molecular weight is 241 g/mol. The molecule has 0 aliphatic heterocycles. The lowest BCUT2D eigenvalue weighted by molar-refractivity contribution is 0.0956. The van der Waals surface area contributed by atoms with Gasteiger partial charge in [0.2, 0.25) is 0 Å². The third-order valence-corrected chi connectivity index (χ3v) is 2.77. The van der Waals surface area contributed by atoms with Crippen LogP contribution in [-0.2, 0) is 10.8 Å². The molecule has 0 bridgehead atoms. The number of rotatable bonds is 5. The van der Waals surface area contributed by atoms with Crippen LogP contribution in [0.3, 0.4) is 0 Å². The fourth-order valence-corrected chi connectivity index (χ4v) is 1.52. The summed E-state index contributed by atoms with van der Waals surface area (Å²) >= 11 is 0. The van der Waals surface area contributed by atoms with E-state index in [4.69, 9.17) is 5.84 Å². The SMILES string of the molecule is CS(=O)CCNC(=O)c1ccc(NN)cc1. The van der Waals surface area contributed by atoms with E-state index >= 15 is 0 Å². The van der Waals surface area contributed by atoms with Crippen LogP contribution >= 0.6 is 0 Å². The third kappa shape index (κ3) is 4.00. The Morgan fingerprint density at radius 3 is 2.50 bits per heavy atom. The molecule has 4 N–H and O–H groups in total. The summed E-state index contributed by atoms with van der Waals surface area (Å²) < 4.78 is 10.8. The molecule has 0 aliphatic rings. The zero-order valence-corrected chi connectivity index (χ0v) is 9.84. The van der Waals surface area contributed by atoms with E-state index < -0.39 is 10.8 Å². The molecule has 88 valence electrons. The topological polar surface area (TPSA) is 84.2 Å². The summed E-state index contributed by atoms with van der Waals surface area (Å²) in [5.41, 5.74) is 3.78. The maximum absolute atomic E-state index is 11.6. The van der Waals surface area contributed by atoms with Crippen LogP contribution in [-0.4, -0.2) is 28.7 Å². The first-order valence-electron chi connectivity index (χ1n) is 4.78. The van der Waals surface area contributed by atoms with Crippen LogP contribution in [0.25, 0.3) is 0 Å². The summed E-state index contributed by atoms with van der Waals surface area (Å²) in [6.45, 7) is 0.416. The van der Waals surface area contributed by atoms with E-state index in [1.54, 1.807) is 30.5 Å². The molecule has 1 aromatic rings. The first-order valence-corrected chi connectivity index (χ1v) is 6.51. The highest BCUT2D eigenvalue weighted by Crippen LogP contribution is 2.07. The molecule has 1 atom stereocenters. The number of benzene rings is 1. The number of hydrogen-bond acceptors (Lipinski definition) is 4. The minimum Gasteiger partial charge on any atom is -0.351 e. The lowest BCUT2D eigenvalue weighted by atomic mass is 10.2. The van der Waals surface area contributed by atoms with Gasteiger partial charge in [0.15, 0.2) is 0 Å². The number of carbonyl (C=O) groups is 1. The fourth-order valence-electron chi connectivity index (χ4n) is 1.13. The van der Waals surface area contributed by atoms with E-state index in [0.717, 1.165) is 5.69 Å². The van der Waals surface area contributed by atoms with Crippen LogP contribution in [0.5, 0.6) is 0 Å². The highest BCUT2D eigenvalue weighted by atomic mass is 32.2. The molecular weight excluding hydrogens is 226 g/mol. The largest absolute Gasteiger partial charge is 0.351 e. The molecule has 1 rings (SSSR count). The van der Waals surface area contributed by atoms with Gasteiger partial charge in [-0.15, -0.1) is 0 Å². The minimum absolute atomic E-state index is 0.172. The summed E-state index contributed by atoms with van der Waals surface area (Å²) in [5.74, 6) is 5.50. The van der Waals surface area contributed by atoms with Gasteiger partial charge in [0.1, 0.15) is 0 Å². The van der Waals surface area contributed by atoms with Crippen molar-refractivity contribution in [1.82, 2.24) is 5.32 Å². The summed E-state index contributed by atoms with van der Waals surface area (Å²) in [6.07, 6.45) is 1.61. The number of nitrogens with two attached hydrogens (primary N) is 1. The lowest BCUT2D eigenvalue weighted by Crippen LogP contribution is -2.27. The Kier molecular flexibility index (Phi) is 4.94. The molecule has 1 unspecified atom stereocenters. The van der Waals surface area contributed by atoms with Crippen molar-refractivity contribution in [3.05, 3.63) is 29.8 Å². The van der Waals surface area contributed by atoms with Gasteiger partial charge in [-0.2, -0.15) is 0 Å². The van der Waals surface area contributed by atoms with Gasteiger partial charge in [0.05, 0.1) is 0 Å². The number of hydrogen-bond donors (Lipinski definition) is 3. The second-order valence-electron chi connectivity index (χ2n) is 3.25. The normalized spacial score (nSPS) is 11.9. The molecule has 0 spiro atoms. The third-order valence-electron chi connectivity index (χ3n) is 1.99. The van der Waals surface area contributed by atoms with Gasteiger partial charge in [-0.1, -0.05) is 0 Å². The minimum atomic E-state index is -0.885. The van der Waals surface area contributed by atoms with Gasteiger partial charge in [0, 0.05) is 40.6 Å². The average Bonchev–Trinajstić information content (AvgIpc) is 2.28. The molecule has 0 aliphatic carbocycles. The second kappa shape index (κ2) is 6.24. The predicted molar refractivity (Wildman–Crippen MR) is 65.5 cm³/mol. The Hall–Kier alpha value is -1.40. The quantitative estimate of drug-likeness (QED) is 0.503. The molecule has 0 fully saturated rings. The van der Waals surface area contributed by atoms with Crippen LogP contribution in [0.4, 0.5) is 5.69 Å². The molecule has 5 nitrogen and oxygen atoms in total. The highest BCUT2D eigenvalue weighted by molar-refractivity contribution is 7.84. The number of amides is 1. The molecule has 0 aromatic heterocycles. The molecule has 1 amide bonds. The standard InChI is InChI=1S/C10H15N3O2S/c1-16(15)7-6-12-10(14)8-2-4-9(13-11)5-3-8/h2-5,13H,6-7,11H2,1H3,(H,12,14). The molecule has 0 saturated carbocycles. The second-order valence-corrected chi connectivity index (χ2v) is 4.81. The molecule has 16 heavy (non-hydrogen) atoms. The van der Waals surface area contributed by atoms with Crippen LogP contribution in [0.2, 0.25) is 0 Å². The lowest BCUT2D eigenvalue weighted by Gasteiger charge is -2.05. The predicted octanol–water partition coefficient (Wildman–Crippen LogP) is 0.0805. The first-order chi connectivity index (χ1) is 7.63. The van der Waals surface area contributed by atoms with Crippen LogP contribution < -0.4 is 16.6 Å². The van der Waals surface area contributed by atoms with Gasteiger partial charge in [0.25, 0.3) is 5.91 Å². The van der Waals surface area contributed by atoms with Crippen LogP contribution in [0, 0.1) is 0 Å². The smallest absolute Gasteiger partial charge is 0.251 e. The Morgan fingerprint density at radius 1 is 1.38 bits per heavy atom. The summed E-state index contributed by atoms with van der Waals surface area (Å²) in [4.78, 5) is 11.6. The van der Waals surface area contributed by atoms with Crippen molar-refractivity contribution in [3.63, 3.8) is 0 Å². The molecule has 0 heterocycles. The molecule has 0 radical (unpaired) electrons. The van der Waals surface area contributed by atoms with Crippen molar-refractivity contribution in [2.45, 2.75) is 0 Å². The maximum atomic E-state index is 11.6. The number of carbonyl (C=O) groups excluding carboxylic acids is 1. The van der Waals surface area contributed by atoms with Crippen molar-refractivity contribution in [2.24, 2.45) is 5.84 Å². The fraction of sp³-hybridized carbons (Fsp3) is 0.300. The van der Waals surface area contributed by atoms with E-state index in [2.05, 4.69) is 10.7 Å². The molecular formula is C10H15N3O2S. The number of hydrazine groups is 1. The molecule has 6 heteroatoms. The molecule has 1 aromatic carbocycles. The Bertz CT molecular complexity index is 378. The Balaban J connectivity index is 2.49. The zero-order valence-electron chi connectivity index (χ0n) is 9.03. The van der Waals surface area contributed by atoms with E-state index in [1.807, 2.05) is 0 Å². The number of nitrogens with one attached hydrogen (secondary N) is 2. The van der Waals surface area contributed by atoms with E-state index in [9.17, 15) is 9.00 Å². The summed E-state index contributed by atoms with van der Waals surface area (Å²) in [6, 6.07) is 6.78. The van der Waals surface area contributed by atoms with Crippen molar-refractivity contribution < 1.29 is 9.00 Å². The monoisotopic (exact) mass is 241 g/mol. The van der Waals surface area contributed by atoms with Gasteiger partial charge in [-0.25, -0.2) is 0 Å². The highest BCUT2D eigenvalue weighted by Gasteiger charge is 2.04. The van der Waals surface area contributed by atoms with Gasteiger partial charge in [-0.05, 0) is 24.3 Å². The summed E-state index contributed by atoms with van der Waals surface area (Å²) in [7, 11) is -0.885. The number of nitrogen functional groups attached to an aromatic ring is 1. The van der Waals surface area contributed by atoms with Gasteiger partial charge >= 0.3 is 0 Å². The van der Waals surface area contributed by atoms with Crippen LogP contribution in [0.15, 0.2) is 24.3 Å². The zero-order chi connectivity index (χ0) is 12.0. The Morgan fingerprint density at radius 2 is 2.00 bits per heavy atom. The van der Waals surface area contributed by atoms with Gasteiger partial charge < -0.3 is 10.7 Å². The van der Waals surface area contributed by atoms with Gasteiger partial charge in [-0.3, -0.25) is 14.8 Å². The summed E-state index contributed by atoms with van der Waals surface area (Å²) in [5, 5.41) is 2.68. The van der Waals surface area contributed by atoms with E-state index in [1.165, 1.54) is 0 Å². The van der Waals surface area contributed by atoms with Crippen LogP contribution in [0.1, 0.15) is 10.4 Å². The maximum Gasteiger partial charge on any atom is 0.251 e. The molecule has 0 saturated heterocycles. The van der Waals surface area contributed by atoms with Crippen molar-refractivity contribution in [2.75, 3.05) is 24.0 Å². The van der Waals surface area contributed by atoms with Crippen molar-refractivity contribution in [3.8, 4) is 0 Å². The van der Waals surface area contributed by atoms with Crippen molar-refractivity contribution >= 4 is 22.4 Å². The van der Waals surface area contributed by atoms with E-state index in [-0.39, 0.29) is 5.91 Å².